The van der Waals surface area contributed by atoms with Crippen LogP contribution in [0.3, 0.4) is 0 Å². The Morgan fingerprint density at radius 2 is 1.86 bits per heavy atom. The van der Waals surface area contributed by atoms with Gasteiger partial charge in [0.1, 0.15) is 26.9 Å². The molecule has 10 nitrogen and oxygen atoms in total. The van der Waals surface area contributed by atoms with E-state index in [1.807, 2.05) is 76.2 Å². The summed E-state index contributed by atoms with van der Waals surface area (Å²) in [5.41, 5.74) is 2.15. The summed E-state index contributed by atoms with van der Waals surface area (Å²) >= 11 is 1.30. The lowest BCUT2D eigenvalue weighted by atomic mass is 10.1. The van der Waals surface area contributed by atoms with E-state index in [-0.39, 0.29) is 18.5 Å². The van der Waals surface area contributed by atoms with Crippen molar-refractivity contribution in [2.45, 2.75) is 39.7 Å². The number of urea groups is 1. The minimum Gasteiger partial charge on any atom is -0.457 e. The number of thiophene rings is 1. The molecular weight excluding hydrogens is 554 g/mol. The number of rotatable bonds is 5. The van der Waals surface area contributed by atoms with Crippen LogP contribution in [0.25, 0.3) is 10.2 Å². The monoisotopic (exact) mass is 585 g/mol. The highest BCUT2D eigenvalue weighted by atomic mass is 32.1. The lowest BCUT2D eigenvalue weighted by molar-refractivity contribution is -0.119. The van der Waals surface area contributed by atoms with Crippen molar-refractivity contribution in [1.82, 2.24) is 9.88 Å². The first kappa shape index (κ1) is 27.5. The molecular formula is C31H31N5O5S. The van der Waals surface area contributed by atoms with E-state index in [1.54, 1.807) is 22.1 Å². The van der Waals surface area contributed by atoms with E-state index < -0.39 is 17.6 Å². The number of carbonyl (C=O) groups is 3. The fraction of sp³-hybridized carbons (Fsp3) is 0.290. The number of aryl methyl sites for hydroxylation is 1. The molecule has 2 aliphatic rings. The van der Waals surface area contributed by atoms with Gasteiger partial charge in [-0.3, -0.25) is 9.69 Å². The highest BCUT2D eigenvalue weighted by molar-refractivity contribution is 7.23. The third-order valence-corrected chi connectivity index (χ3v) is 8.09. The van der Waals surface area contributed by atoms with E-state index in [9.17, 15) is 14.4 Å². The summed E-state index contributed by atoms with van der Waals surface area (Å²) in [5, 5.41) is 7.24. The van der Waals surface area contributed by atoms with E-state index in [0.717, 1.165) is 16.7 Å². The summed E-state index contributed by atoms with van der Waals surface area (Å²) in [4.78, 5) is 47.6. The topological polar surface area (TPSA) is 113 Å². The Morgan fingerprint density at radius 3 is 2.60 bits per heavy atom. The molecule has 0 spiro atoms. The second-order valence-electron chi connectivity index (χ2n) is 11.3. The molecule has 6 rings (SSSR count). The minimum absolute atomic E-state index is 0.216. The molecule has 4 amide bonds. The maximum Gasteiger partial charge on any atom is 0.410 e. The van der Waals surface area contributed by atoms with Crippen molar-refractivity contribution < 1.29 is 23.9 Å². The van der Waals surface area contributed by atoms with Crippen molar-refractivity contribution in [3.05, 3.63) is 66.4 Å². The number of hydrogen-bond acceptors (Lipinski definition) is 7. The molecule has 2 aromatic heterocycles. The van der Waals surface area contributed by atoms with Gasteiger partial charge in [0.15, 0.2) is 0 Å². The zero-order valence-electron chi connectivity index (χ0n) is 23.8. The van der Waals surface area contributed by atoms with Crippen LogP contribution in [0.5, 0.6) is 11.5 Å². The number of hydrogen-bond donors (Lipinski definition) is 2. The van der Waals surface area contributed by atoms with Crippen LogP contribution in [0, 0.1) is 12.8 Å². The third-order valence-electron chi connectivity index (χ3n) is 7.08. The average Bonchev–Trinajstić information content (AvgIpc) is 3.56. The van der Waals surface area contributed by atoms with Gasteiger partial charge >= 0.3 is 12.1 Å². The standard InChI is InChI=1S/C31H31N5O5S/c1-18-16-21(40-20-8-6-5-7-9-20)10-11-22(18)36-23-12-14-32-27-24(23)25(33-29(36)38)28(42-27)34-26(37)19-13-15-35(17-19)30(39)41-31(2,3)4/h5-12,14,16,19H,13,15,17H2,1-4H3,(H,33,38)(H,34,37)/t19-/m0/s1. The Bertz CT molecular complexity index is 1700. The normalized spacial score (nSPS) is 16.4. The predicted molar refractivity (Wildman–Crippen MR) is 163 cm³/mol. The van der Waals surface area contributed by atoms with Gasteiger partial charge in [0, 0.05) is 19.3 Å². The molecule has 2 N–H and O–H groups in total. The first-order chi connectivity index (χ1) is 20.1. The molecule has 0 saturated carbocycles. The smallest absolute Gasteiger partial charge is 0.410 e. The van der Waals surface area contributed by atoms with E-state index in [0.29, 0.717) is 45.6 Å². The van der Waals surface area contributed by atoms with Gasteiger partial charge in [-0.1, -0.05) is 29.5 Å². The molecule has 42 heavy (non-hydrogen) atoms. The van der Waals surface area contributed by atoms with Crippen molar-refractivity contribution in [2.24, 2.45) is 5.92 Å². The maximum absolute atomic E-state index is 13.5. The molecule has 2 aliphatic heterocycles. The number of pyridine rings is 1. The Balaban J connectivity index is 1.24. The van der Waals surface area contributed by atoms with E-state index in [4.69, 9.17) is 9.47 Å². The van der Waals surface area contributed by atoms with E-state index in [1.165, 1.54) is 11.3 Å². The van der Waals surface area contributed by atoms with Gasteiger partial charge in [-0.2, -0.15) is 0 Å². The van der Waals surface area contributed by atoms with Crippen LogP contribution in [0.15, 0.2) is 60.8 Å². The zero-order valence-corrected chi connectivity index (χ0v) is 24.6. The highest BCUT2D eigenvalue weighted by Gasteiger charge is 2.36. The summed E-state index contributed by atoms with van der Waals surface area (Å²) in [7, 11) is 0. The first-order valence-electron chi connectivity index (χ1n) is 13.7. The van der Waals surface area contributed by atoms with Gasteiger partial charge in [-0.25, -0.2) is 14.6 Å². The SMILES string of the molecule is Cc1cc(Oc2ccccc2)ccc1N1C(=O)Nc2c(NC(=O)[C@H]3CCN(C(=O)OC(C)(C)C)C3)sc3nccc1c23. The quantitative estimate of drug-likeness (QED) is 0.255. The molecule has 2 aromatic carbocycles. The molecule has 0 bridgehead atoms. The number of anilines is 4. The number of benzene rings is 2. The predicted octanol–water partition coefficient (Wildman–Crippen LogP) is 7.28. The zero-order chi connectivity index (χ0) is 29.6. The summed E-state index contributed by atoms with van der Waals surface area (Å²) in [5.74, 6) is 0.784. The van der Waals surface area contributed by atoms with Crippen LogP contribution < -0.4 is 20.3 Å². The lowest BCUT2D eigenvalue weighted by Crippen LogP contribution is -2.36. The second-order valence-corrected chi connectivity index (χ2v) is 12.3. The summed E-state index contributed by atoms with van der Waals surface area (Å²) in [6.07, 6.45) is 1.76. The number of likely N-dealkylation sites (tertiary alicyclic amines) is 1. The number of nitrogens with zero attached hydrogens (tertiary/aromatic N) is 3. The lowest BCUT2D eigenvalue weighted by Gasteiger charge is -2.29. The molecule has 1 atom stereocenters. The average molecular weight is 586 g/mol. The highest BCUT2D eigenvalue weighted by Crippen LogP contribution is 2.49. The van der Waals surface area contributed by atoms with Crippen LogP contribution >= 0.6 is 11.3 Å². The minimum atomic E-state index is -0.607. The van der Waals surface area contributed by atoms with Crippen molar-refractivity contribution in [3.8, 4) is 11.5 Å². The molecule has 1 fully saturated rings. The molecule has 4 heterocycles. The van der Waals surface area contributed by atoms with Gasteiger partial charge in [-0.05, 0) is 76.1 Å². The number of amides is 4. The molecule has 4 aromatic rings. The molecule has 216 valence electrons. The fourth-order valence-corrected chi connectivity index (χ4v) is 6.18. The van der Waals surface area contributed by atoms with E-state index in [2.05, 4.69) is 15.6 Å². The largest absolute Gasteiger partial charge is 0.457 e. The van der Waals surface area contributed by atoms with Gasteiger partial charge < -0.3 is 25.0 Å². The number of nitrogens with one attached hydrogen (secondary N) is 2. The molecule has 0 aliphatic carbocycles. The molecule has 0 radical (unpaired) electrons. The van der Waals surface area contributed by atoms with Crippen LogP contribution in [-0.4, -0.2) is 46.6 Å². The third kappa shape index (κ3) is 5.35. The number of ether oxygens (including phenoxy) is 2. The molecule has 11 heteroatoms. The summed E-state index contributed by atoms with van der Waals surface area (Å²) < 4.78 is 11.4. The fourth-order valence-electron chi connectivity index (χ4n) is 5.16. The van der Waals surface area contributed by atoms with Crippen LogP contribution in [0.1, 0.15) is 32.8 Å². The summed E-state index contributed by atoms with van der Waals surface area (Å²) in [6.45, 7) is 8.08. The van der Waals surface area contributed by atoms with Crippen molar-refractivity contribution in [1.29, 1.82) is 0 Å². The van der Waals surface area contributed by atoms with E-state index >= 15 is 0 Å². The van der Waals surface area contributed by atoms with Crippen molar-refractivity contribution >= 4 is 61.6 Å². The second kappa shape index (κ2) is 10.6. The van der Waals surface area contributed by atoms with Gasteiger partial charge in [0.05, 0.1) is 28.4 Å². The van der Waals surface area contributed by atoms with Gasteiger partial charge in [0.25, 0.3) is 0 Å². The Hall–Kier alpha value is -4.64. The van der Waals surface area contributed by atoms with Gasteiger partial charge in [0.2, 0.25) is 5.91 Å². The Morgan fingerprint density at radius 1 is 1.07 bits per heavy atom. The Labute approximate surface area is 247 Å². The Kier molecular flexibility index (Phi) is 6.97. The van der Waals surface area contributed by atoms with Crippen LogP contribution in [0.4, 0.5) is 31.7 Å². The number of carbonyl (C=O) groups excluding carboxylic acids is 3. The van der Waals surface area contributed by atoms with Crippen molar-refractivity contribution in [3.63, 3.8) is 0 Å². The van der Waals surface area contributed by atoms with Crippen LogP contribution in [-0.2, 0) is 9.53 Å². The first-order valence-corrected chi connectivity index (χ1v) is 14.5. The molecule has 0 unspecified atom stereocenters. The van der Waals surface area contributed by atoms with Gasteiger partial charge in [-0.15, -0.1) is 0 Å². The van der Waals surface area contributed by atoms with Crippen molar-refractivity contribution in [2.75, 3.05) is 28.6 Å². The number of aromatic nitrogens is 1. The van der Waals surface area contributed by atoms with Crippen LogP contribution in [0.2, 0.25) is 0 Å². The number of para-hydroxylation sites is 1. The molecule has 1 saturated heterocycles. The summed E-state index contributed by atoms with van der Waals surface area (Å²) in [6, 6.07) is 16.5. The maximum atomic E-state index is 13.5.